The summed E-state index contributed by atoms with van der Waals surface area (Å²) in [5.41, 5.74) is 15.5. The fraction of sp³-hybridized carbons (Fsp3) is 0. The molecule has 0 radical (unpaired) electrons. The van der Waals surface area contributed by atoms with E-state index in [4.69, 9.17) is 4.42 Å². The maximum absolute atomic E-state index is 6.96. The Morgan fingerprint density at radius 1 is 0.328 bits per heavy atom. The second-order valence-electron chi connectivity index (χ2n) is 15.7. The van der Waals surface area contributed by atoms with Crippen molar-refractivity contribution in [2.24, 2.45) is 0 Å². The molecule has 2 heterocycles. The van der Waals surface area contributed by atoms with Crippen molar-refractivity contribution in [3.63, 3.8) is 0 Å². The van der Waals surface area contributed by atoms with E-state index in [9.17, 15) is 0 Å². The zero-order valence-electron chi connectivity index (χ0n) is 33.2. The molecular formula is C58H38N2O. The predicted octanol–water partition coefficient (Wildman–Crippen LogP) is 16.3. The van der Waals surface area contributed by atoms with Crippen LogP contribution in [0.3, 0.4) is 0 Å². The normalized spacial score (nSPS) is 11.6. The molecule has 286 valence electrons. The minimum absolute atomic E-state index is 0.853. The quantitative estimate of drug-likeness (QED) is 0.161. The summed E-state index contributed by atoms with van der Waals surface area (Å²) in [6.07, 6.45) is 0. The molecule has 10 aromatic carbocycles. The van der Waals surface area contributed by atoms with Crippen molar-refractivity contribution in [1.29, 1.82) is 0 Å². The molecule has 61 heavy (non-hydrogen) atoms. The van der Waals surface area contributed by atoms with Gasteiger partial charge in [-0.15, -0.1) is 0 Å². The largest absolute Gasteiger partial charge is 0.455 e. The lowest BCUT2D eigenvalue weighted by molar-refractivity contribution is 0.672. The minimum Gasteiger partial charge on any atom is -0.455 e. The first-order chi connectivity index (χ1) is 30.3. The third-order valence-electron chi connectivity index (χ3n) is 12.2. The second kappa shape index (κ2) is 14.3. The molecule has 0 aliphatic carbocycles. The van der Waals surface area contributed by atoms with Gasteiger partial charge in [0.2, 0.25) is 0 Å². The van der Waals surface area contributed by atoms with E-state index in [1.165, 1.54) is 38.6 Å². The van der Waals surface area contributed by atoms with Gasteiger partial charge >= 0.3 is 0 Å². The number of hydrogen-bond donors (Lipinski definition) is 0. The molecule has 12 aromatic rings. The molecule has 0 unspecified atom stereocenters. The van der Waals surface area contributed by atoms with E-state index in [0.717, 1.165) is 72.1 Å². The number of anilines is 3. The van der Waals surface area contributed by atoms with Crippen LogP contribution in [-0.4, -0.2) is 4.57 Å². The van der Waals surface area contributed by atoms with Crippen LogP contribution in [0.25, 0.3) is 93.6 Å². The van der Waals surface area contributed by atoms with Crippen molar-refractivity contribution in [2.45, 2.75) is 0 Å². The first-order valence-corrected chi connectivity index (χ1v) is 20.8. The van der Waals surface area contributed by atoms with Crippen LogP contribution >= 0.6 is 0 Å². The number of fused-ring (bicyclic) bond motifs is 8. The van der Waals surface area contributed by atoms with Crippen molar-refractivity contribution < 1.29 is 4.42 Å². The predicted molar refractivity (Wildman–Crippen MR) is 257 cm³/mol. The number of rotatable bonds is 7. The fourth-order valence-corrected chi connectivity index (χ4v) is 9.34. The van der Waals surface area contributed by atoms with E-state index >= 15 is 0 Å². The van der Waals surface area contributed by atoms with Crippen LogP contribution in [0.1, 0.15) is 0 Å². The highest BCUT2D eigenvalue weighted by molar-refractivity contribution is 6.22. The lowest BCUT2D eigenvalue weighted by Crippen LogP contribution is -2.10. The molecule has 2 aromatic heterocycles. The summed E-state index contributed by atoms with van der Waals surface area (Å²) in [4.78, 5) is 2.41. The van der Waals surface area contributed by atoms with Crippen LogP contribution in [0.4, 0.5) is 17.1 Å². The SMILES string of the molecule is c1ccc(-c2ccc(N(c3cccc(-c4ccccc4)c3)c3cc4c(oc5cccc(-n6c7ccccc7c7cc(-c8ccccc8)ccc76)c54)c4ccccc34)cc2)cc1. The van der Waals surface area contributed by atoms with Crippen molar-refractivity contribution in [3.8, 4) is 39.1 Å². The number of nitrogens with zero attached hydrogens (tertiary/aromatic N) is 2. The van der Waals surface area contributed by atoms with Gasteiger partial charge in [-0.05, 0) is 94.0 Å². The molecule has 3 heteroatoms. The topological polar surface area (TPSA) is 21.3 Å². The monoisotopic (exact) mass is 778 g/mol. The molecule has 0 N–H and O–H groups in total. The zero-order chi connectivity index (χ0) is 40.3. The Bertz CT molecular complexity index is 3570. The third-order valence-corrected chi connectivity index (χ3v) is 12.2. The van der Waals surface area contributed by atoms with Gasteiger partial charge in [0, 0.05) is 38.3 Å². The Morgan fingerprint density at radius 2 is 0.869 bits per heavy atom. The summed E-state index contributed by atoms with van der Waals surface area (Å²) < 4.78 is 9.39. The van der Waals surface area contributed by atoms with Crippen molar-refractivity contribution in [3.05, 3.63) is 231 Å². The maximum Gasteiger partial charge on any atom is 0.143 e. The number of aromatic nitrogens is 1. The van der Waals surface area contributed by atoms with E-state index < -0.39 is 0 Å². The Hall–Kier alpha value is -8.14. The highest BCUT2D eigenvalue weighted by Gasteiger charge is 2.23. The number of furan rings is 1. The maximum atomic E-state index is 6.96. The van der Waals surface area contributed by atoms with E-state index in [0.29, 0.717) is 0 Å². The summed E-state index contributed by atoms with van der Waals surface area (Å²) in [7, 11) is 0. The molecule has 0 spiro atoms. The average molecular weight is 779 g/mol. The molecular weight excluding hydrogens is 741 g/mol. The number of benzene rings is 10. The summed E-state index contributed by atoms with van der Waals surface area (Å²) in [6.45, 7) is 0. The molecule has 0 fully saturated rings. The summed E-state index contributed by atoms with van der Waals surface area (Å²) in [6, 6.07) is 82.8. The highest BCUT2D eigenvalue weighted by Crippen LogP contribution is 2.47. The Morgan fingerprint density at radius 3 is 1.59 bits per heavy atom. The lowest BCUT2D eigenvalue weighted by atomic mass is 10.00. The molecule has 0 saturated carbocycles. The van der Waals surface area contributed by atoms with Gasteiger partial charge in [0.15, 0.2) is 0 Å². The highest BCUT2D eigenvalue weighted by atomic mass is 16.3. The third kappa shape index (κ3) is 5.82. The Balaban J connectivity index is 1.12. The molecule has 0 aliphatic rings. The van der Waals surface area contributed by atoms with Gasteiger partial charge in [-0.1, -0.05) is 170 Å². The molecule has 0 saturated heterocycles. The van der Waals surface area contributed by atoms with E-state index in [1.54, 1.807) is 0 Å². The molecule has 0 amide bonds. The fourth-order valence-electron chi connectivity index (χ4n) is 9.34. The first-order valence-electron chi connectivity index (χ1n) is 20.8. The lowest BCUT2D eigenvalue weighted by Gasteiger charge is -2.28. The van der Waals surface area contributed by atoms with Gasteiger partial charge < -0.3 is 13.9 Å². The smallest absolute Gasteiger partial charge is 0.143 e. The standard InChI is InChI=1S/C58H38N2O/c1-4-16-39(17-5-1)42-30-33-45(34-31-42)59(46-23-14-22-43(36-46)40-18-6-2-7-19-40)55-38-51-57-54(28-15-29-56(57)61-58(51)49-26-11-10-24-47(49)55)60-52-27-13-12-25-48(52)50-37-44(32-35-53(50)60)41-20-8-3-9-21-41/h1-38H. The van der Waals surface area contributed by atoms with Crippen molar-refractivity contribution in [2.75, 3.05) is 4.90 Å². The van der Waals surface area contributed by atoms with E-state index in [2.05, 4.69) is 240 Å². The molecule has 0 atom stereocenters. The van der Waals surface area contributed by atoms with Gasteiger partial charge in [0.25, 0.3) is 0 Å². The average Bonchev–Trinajstić information content (AvgIpc) is 3.89. The number of hydrogen-bond acceptors (Lipinski definition) is 2. The van der Waals surface area contributed by atoms with Crippen LogP contribution in [0.5, 0.6) is 0 Å². The van der Waals surface area contributed by atoms with Gasteiger partial charge in [0.1, 0.15) is 11.2 Å². The van der Waals surface area contributed by atoms with Gasteiger partial charge in [0.05, 0.1) is 27.8 Å². The van der Waals surface area contributed by atoms with E-state index in [-0.39, 0.29) is 0 Å². The van der Waals surface area contributed by atoms with Crippen molar-refractivity contribution in [1.82, 2.24) is 4.57 Å². The molecule has 3 nitrogen and oxygen atoms in total. The summed E-state index contributed by atoms with van der Waals surface area (Å²) in [5.74, 6) is 0. The van der Waals surface area contributed by atoms with Gasteiger partial charge in [-0.2, -0.15) is 0 Å². The van der Waals surface area contributed by atoms with Gasteiger partial charge in [-0.3, -0.25) is 0 Å². The molecule has 0 bridgehead atoms. The Kier molecular flexibility index (Phi) is 8.17. The van der Waals surface area contributed by atoms with Crippen LogP contribution in [0.2, 0.25) is 0 Å². The zero-order valence-corrected chi connectivity index (χ0v) is 33.2. The van der Waals surface area contributed by atoms with Crippen LogP contribution in [0, 0.1) is 0 Å². The summed E-state index contributed by atoms with van der Waals surface area (Å²) >= 11 is 0. The molecule has 0 aliphatic heterocycles. The second-order valence-corrected chi connectivity index (χ2v) is 15.7. The van der Waals surface area contributed by atoms with Gasteiger partial charge in [-0.25, -0.2) is 0 Å². The van der Waals surface area contributed by atoms with Crippen LogP contribution in [0.15, 0.2) is 235 Å². The van der Waals surface area contributed by atoms with E-state index in [1.807, 2.05) is 0 Å². The Labute approximate surface area is 353 Å². The number of para-hydroxylation sites is 1. The van der Waals surface area contributed by atoms with Crippen LogP contribution in [-0.2, 0) is 0 Å². The molecule has 12 rings (SSSR count). The van der Waals surface area contributed by atoms with Crippen molar-refractivity contribution >= 4 is 71.6 Å². The first kappa shape index (κ1) is 34.9. The minimum atomic E-state index is 0.853. The van der Waals surface area contributed by atoms with Crippen LogP contribution < -0.4 is 4.90 Å². The summed E-state index contributed by atoms with van der Waals surface area (Å²) in [5, 5.41) is 6.76.